The molecule has 6 aromatic carbocycles. The third-order valence-electron chi connectivity index (χ3n) is 8.96. The number of nitrogens with zero attached hydrogens (tertiary/aromatic N) is 3. The molecule has 3 heterocycles. The van der Waals surface area contributed by atoms with Gasteiger partial charge in [0.25, 0.3) is 0 Å². The minimum Gasteiger partial charge on any atom is -0.449 e. The van der Waals surface area contributed by atoms with Crippen LogP contribution in [0.4, 0.5) is 0 Å². The van der Waals surface area contributed by atoms with Crippen molar-refractivity contribution in [3.8, 4) is 56.9 Å². The molecule has 0 N–H and O–H groups in total. The Morgan fingerprint density at radius 1 is 0.521 bits per heavy atom. The molecule has 0 atom stereocenters. The van der Waals surface area contributed by atoms with E-state index in [9.17, 15) is 0 Å². The molecule has 2 aromatic heterocycles. The van der Waals surface area contributed by atoms with Gasteiger partial charge in [0.2, 0.25) is 0 Å². The van der Waals surface area contributed by atoms with Gasteiger partial charge in [0.05, 0.1) is 27.8 Å². The normalized spacial score (nSPS) is 11.8. The topological polar surface area (TPSA) is 41.2 Å². The lowest BCUT2D eigenvalue weighted by atomic mass is 10.0. The summed E-state index contributed by atoms with van der Waals surface area (Å²) >= 11 is 0. The molecule has 228 valence electrons. The number of hydrogen-bond acceptors (Lipinski definition) is 3. The molecule has 0 aliphatic carbocycles. The monoisotopic (exact) mass is 619 g/mol. The van der Waals surface area contributed by atoms with Crippen LogP contribution in [0.2, 0.25) is 0 Å². The lowest BCUT2D eigenvalue weighted by Crippen LogP contribution is -2.00. The molecule has 0 saturated heterocycles. The first-order valence-corrected chi connectivity index (χ1v) is 15.9. The van der Waals surface area contributed by atoms with Crippen molar-refractivity contribution in [3.05, 3.63) is 164 Å². The van der Waals surface area contributed by atoms with Crippen LogP contribution >= 0.6 is 0 Å². The Kier molecular flexibility index (Phi) is 6.37. The SMILES string of the molecule is C=Cc1nc(-c2ccc(-n3c4ccc(-c5ccccc5)cc4c4c5c(ccc43)Oc3ccccc3O5)cc2)n(-c2ccccc2)c1C=C. The van der Waals surface area contributed by atoms with Crippen LogP contribution in [-0.2, 0) is 0 Å². The van der Waals surface area contributed by atoms with Gasteiger partial charge in [-0.2, -0.15) is 0 Å². The maximum atomic E-state index is 6.60. The van der Waals surface area contributed by atoms with Crippen LogP contribution in [0.1, 0.15) is 11.4 Å². The van der Waals surface area contributed by atoms with E-state index >= 15 is 0 Å². The van der Waals surface area contributed by atoms with E-state index in [2.05, 4.69) is 107 Å². The van der Waals surface area contributed by atoms with Crippen LogP contribution in [0.25, 0.3) is 67.8 Å². The zero-order valence-electron chi connectivity index (χ0n) is 26.0. The zero-order valence-corrected chi connectivity index (χ0v) is 26.0. The summed E-state index contributed by atoms with van der Waals surface area (Å²) in [6.07, 6.45) is 3.61. The first-order chi connectivity index (χ1) is 23.7. The molecule has 9 rings (SSSR count). The average Bonchev–Trinajstić information content (AvgIpc) is 3.70. The quantitative estimate of drug-likeness (QED) is 0.186. The maximum Gasteiger partial charge on any atom is 0.180 e. The Hall–Kier alpha value is -6.59. The summed E-state index contributed by atoms with van der Waals surface area (Å²) < 4.78 is 17.4. The van der Waals surface area contributed by atoms with Crippen LogP contribution in [0.3, 0.4) is 0 Å². The Morgan fingerprint density at radius 3 is 1.90 bits per heavy atom. The van der Waals surface area contributed by atoms with Gasteiger partial charge >= 0.3 is 0 Å². The number of imidazole rings is 1. The van der Waals surface area contributed by atoms with E-state index < -0.39 is 0 Å². The number of ether oxygens (including phenoxy) is 2. The van der Waals surface area contributed by atoms with Crippen molar-refractivity contribution in [1.29, 1.82) is 0 Å². The summed E-state index contributed by atoms with van der Waals surface area (Å²) in [4.78, 5) is 4.98. The van der Waals surface area contributed by atoms with Gasteiger partial charge in [0.15, 0.2) is 23.0 Å². The van der Waals surface area contributed by atoms with Gasteiger partial charge < -0.3 is 14.0 Å². The second-order valence-electron chi connectivity index (χ2n) is 11.7. The molecule has 0 unspecified atom stereocenters. The molecule has 0 amide bonds. The van der Waals surface area contributed by atoms with Crippen LogP contribution in [0.5, 0.6) is 23.0 Å². The van der Waals surface area contributed by atoms with E-state index in [1.54, 1.807) is 6.08 Å². The molecule has 0 saturated carbocycles. The fraction of sp³-hybridized carbons (Fsp3) is 0. The van der Waals surface area contributed by atoms with E-state index in [-0.39, 0.29) is 0 Å². The number of rotatable bonds is 6. The fourth-order valence-corrected chi connectivity index (χ4v) is 6.77. The fourth-order valence-electron chi connectivity index (χ4n) is 6.77. The summed E-state index contributed by atoms with van der Waals surface area (Å²) in [5.74, 6) is 3.65. The Bertz CT molecular complexity index is 2520. The first-order valence-electron chi connectivity index (χ1n) is 15.9. The van der Waals surface area contributed by atoms with Crippen molar-refractivity contribution in [3.63, 3.8) is 0 Å². The molecule has 1 aliphatic heterocycles. The van der Waals surface area contributed by atoms with E-state index in [1.807, 2.05) is 60.7 Å². The number of aromatic nitrogens is 3. The van der Waals surface area contributed by atoms with Gasteiger partial charge in [0.1, 0.15) is 5.82 Å². The molecule has 48 heavy (non-hydrogen) atoms. The lowest BCUT2D eigenvalue weighted by molar-refractivity contribution is 0.363. The van der Waals surface area contributed by atoms with E-state index in [1.165, 1.54) is 0 Å². The van der Waals surface area contributed by atoms with E-state index in [4.69, 9.17) is 14.5 Å². The number of fused-ring (bicyclic) bond motifs is 6. The Morgan fingerprint density at radius 2 is 1.17 bits per heavy atom. The average molecular weight is 620 g/mol. The molecule has 5 heteroatoms. The van der Waals surface area contributed by atoms with Crippen LogP contribution in [0.15, 0.2) is 153 Å². The first kappa shape index (κ1) is 27.7. The van der Waals surface area contributed by atoms with Crippen molar-refractivity contribution < 1.29 is 9.47 Å². The van der Waals surface area contributed by atoms with E-state index in [0.29, 0.717) is 17.2 Å². The predicted octanol–water partition coefficient (Wildman–Crippen LogP) is 11.5. The molecule has 0 bridgehead atoms. The molecular weight excluding hydrogens is 590 g/mol. The lowest BCUT2D eigenvalue weighted by Gasteiger charge is -2.21. The second-order valence-corrected chi connectivity index (χ2v) is 11.7. The van der Waals surface area contributed by atoms with Gasteiger partial charge in [-0.15, -0.1) is 0 Å². The highest BCUT2D eigenvalue weighted by atomic mass is 16.6. The molecular formula is C43H29N3O2. The van der Waals surface area contributed by atoms with Gasteiger partial charge in [-0.3, -0.25) is 4.57 Å². The molecule has 1 aliphatic rings. The predicted molar refractivity (Wildman–Crippen MR) is 196 cm³/mol. The highest BCUT2D eigenvalue weighted by Crippen LogP contribution is 2.51. The van der Waals surface area contributed by atoms with Gasteiger partial charge in [-0.25, -0.2) is 4.98 Å². The zero-order chi connectivity index (χ0) is 32.2. The van der Waals surface area contributed by atoms with Crippen LogP contribution in [-0.4, -0.2) is 14.1 Å². The highest BCUT2D eigenvalue weighted by Gasteiger charge is 2.26. The van der Waals surface area contributed by atoms with Crippen molar-refractivity contribution in [2.75, 3.05) is 0 Å². The summed E-state index contributed by atoms with van der Waals surface area (Å²) in [5, 5.41) is 2.09. The Labute approximate surface area is 277 Å². The van der Waals surface area contributed by atoms with Gasteiger partial charge in [0, 0.05) is 22.3 Å². The van der Waals surface area contributed by atoms with Crippen molar-refractivity contribution in [2.24, 2.45) is 0 Å². The second kappa shape index (κ2) is 11.0. The third kappa shape index (κ3) is 4.29. The van der Waals surface area contributed by atoms with Crippen molar-refractivity contribution >= 4 is 34.0 Å². The van der Waals surface area contributed by atoms with Gasteiger partial charge in [-0.1, -0.05) is 79.9 Å². The molecule has 5 nitrogen and oxygen atoms in total. The molecule has 8 aromatic rings. The van der Waals surface area contributed by atoms with E-state index in [0.717, 1.165) is 72.8 Å². The smallest absolute Gasteiger partial charge is 0.180 e. The largest absolute Gasteiger partial charge is 0.449 e. The standard InChI is InChI=1S/C43H29N3O2/c1-3-34-35(4-2)46(31-15-9-6-10-16-31)43(44-34)29-19-22-32(23-20-29)45-36-24-21-30(28-13-7-5-8-14-28)27-33(36)41-37(45)25-26-40-42(41)48-39-18-12-11-17-38(39)47-40/h3-27H,1-2H2. The summed E-state index contributed by atoms with van der Waals surface area (Å²) in [6.45, 7) is 8.09. The summed E-state index contributed by atoms with van der Waals surface area (Å²) in [6, 6.07) is 47.8. The minimum atomic E-state index is 0.699. The summed E-state index contributed by atoms with van der Waals surface area (Å²) in [5.41, 5.74) is 9.10. The Balaban J connectivity index is 1.24. The van der Waals surface area contributed by atoms with Crippen molar-refractivity contribution in [2.45, 2.75) is 0 Å². The van der Waals surface area contributed by atoms with Gasteiger partial charge in [-0.05, 0) is 96.1 Å². The third-order valence-corrected chi connectivity index (χ3v) is 8.96. The summed E-state index contributed by atoms with van der Waals surface area (Å²) in [7, 11) is 0. The van der Waals surface area contributed by atoms with Crippen molar-refractivity contribution in [1.82, 2.24) is 14.1 Å². The minimum absolute atomic E-state index is 0.699. The number of hydrogen-bond donors (Lipinski definition) is 0. The van der Waals surface area contributed by atoms with Crippen LogP contribution in [0, 0.1) is 0 Å². The van der Waals surface area contributed by atoms with Crippen LogP contribution < -0.4 is 9.47 Å². The molecule has 0 spiro atoms. The molecule has 0 radical (unpaired) electrons. The molecule has 0 fully saturated rings. The maximum absolute atomic E-state index is 6.60. The number of para-hydroxylation sites is 3. The highest BCUT2D eigenvalue weighted by molar-refractivity contribution is 6.14. The number of benzene rings is 6.